The zero-order valence-corrected chi connectivity index (χ0v) is 18.3. The molecule has 2 aromatic carbocycles. The molecule has 1 fully saturated rings. The first-order chi connectivity index (χ1) is 16.0. The van der Waals surface area contributed by atoms with Gasteiger partial charge in [-0.2, -0.15) is 0 Å². The summed E-state index contributed by atoms with van der Waals surface area (Å²) >= 11 is 0. The summed E-state index contributed by atoms with van der Waals surface area (Å²) in [6, 6.07) is 16.2. The first-order valence-electron chi connectivity index (χ1n) is 11.1. The van der Waals surface area contributed by atoms with Gasteiger partial charge in [0.05, 0.1) is 5.41 Å². The Hall–Kier alpha value is -3.58. The Morgan fingerprint density at radius 3 is 2.24 bits per heavy atom. The Labute approximate surface area is 192 Å². The molecule has 4 N–H and O–H groups in total. The van der Waals surface area contributed by atoms with Crippen LogP contribution in [0, 0.1) is 5.82 Å². The van der Waals surface area contributed by atoms with Crippen molar-refractivity contribution in [2.45, 2.75) is 37.1 Å². The highest BCUT2D eigenvalue weighted by Gasteiger charge is 2.42. The second-order valence-corrected chi connectivity index (χ2v) is 8.42. The normalized spacial score (nSPS) is 15.6. The van der Waals surface area contributed by atoms with Crippen LogP contribution >= 0.6 is 0 Å². The zero-order valence-electron chi connectivity index (χ0n) is 18.3. The first kappa shape index (κ1) is 22.6. The van der Waals surface area contributed by atoms with Crippen molar-refractivity contribution in [2.24, 2.45) is 5.73 Å². The van der Waals surface area contributed by atoms with Crippen LogP contribution in [0.4, 0.5) is 10.1 Å². The van der Waals surface area contributed by atoms with Crippen LogP contribution in [0.25, 0.3) is 0 Å². The topological polar surface area (TPSA) is 97.1 Å². The average molecular weight is 447 g/mol. The summed E-state index contributed by atoms with van der Waals surface area (Å²) in [6.45, 7) is 0.268. The van der Waals surface area contributed by atoms with E-state index in [-0.39, 0.29) is 24.2 Å². The lowest BCUT2D eigenvalue weighted by atomic mass is 9.78. The number of nitrogens with one attached hydrogen (secondary N) is 2. The number of anilines is 1. The Morgan fingerprint density at radius 2 is 1.61 bits per heavy atom. The van der Waals surface area contributed by atoms with Crippen LogP contribution in [-0.4, -0.2) is 23.3 Å². The Kier molecular flexibility index (Phi) is 6.79. The van der Waals surface area contributed by atoms with Gasteiger partial charge >= 0.3 is 0 Å². The lowest BCUT2D eigenvalue weighted by Crippen LogP contribution is -2.44. The number of nitrogens with zero attached hydrogens (tertiary/aromatic N) is 1. The Morgan fingerprint density at radius 1 is 0.970 bits per heavy atom. The number of hydrogen-bond donors (Lipinski definition) is 3. The molecule has 170 valence electrons. The van der Waals surface area contributed by atoms with Crippen molar-refractivity contribution in [3.8, 4) is 0 Å². The number of carbonyl (C=O) groups excluding carboxylic acids is 2. The molecule has 1 atom stereocenters. The summed E-state index contributed by atoms with van der Waals surface area (Å²) in [5.41, 5.74) is 8.52. The molecule has 1 heterocycles. The summed E-state index contributed by atoms with van der Waals surface area (Å²) < 4.78 is 13.4. The van der Waals surface area contributed by atoms with E-state index in [9.17, 15) is 14.0 Å². The van der Waals surface area contributed by atoms with E-state index in [1.165, 1.54) is 12.1 Å². The molecule has 2 amide bonds. The number of benzene rings is 2. The number of nitrogens with two attached hydrogens (primary N) is 1. The van der Waals surface area contributed by atoms with Gasteiger partial charge in [0.15, 0.2) is 0 Å². The van der Waals surface area contributed by atoms with Gasteiger partial charge < -0.3 is 16.4 Å². The van der Waals surface area contributed by atoms with E-state index in [1.54, 1.807) is 60.9 Å². The van der Waals surface area contributed by atoms with E-state index in [4.69, 9.17) is 5.73 Å². The maximum absolute atomic E-state index is 13.4. The predicted octanol–water partition coefficient (Wildman–Crippen LogP) is 4.10. The van der Waals surface area contributed by atoms with Gasteiger partial charge in [0.1, 0.15) is 5.82 Å². The molecule has 6 nitrogen and oxygen atoms in total. The second kappa shape index (κ2) is 9.92. The first-order valence-corrected chi connectivity index (χ1v) is 11.1. The molecule has 4 rings (SSSR count). The molecule has 1 saturated carbocycles. The van der Waals surface area contributed by atoms with Crippen LogP contribution in [0.2, 0.25) is 0 Å². The summed E-state index contributed by atoms with van der Waals surface area (Å²) in [4.78, 5) is 29.5. The van der Waals surface area contributed by atoms with Gasteiger partial charge in [0.2, 0.25) is 5.91 Å². The van der Waals surface area contributed by atoms with Gasteiger partial charge in [-0.3, -0.25) is 14.6 Å². The molecule has 33 heavy (non-hydrogen) atoms. The van der Waals surface area contributed by atoms with Crippen LogP contribution in [0.3, 0.4) is 0 Å². The molecule has 0 spiro atoms. The molecular weight excluding hydrogens is 419 g/mol. The SMILES string of the molecule is NC(CNC(=O)C1(c2ccc(F)cc2)CCCC1)c1ccc(C(=O)Nc2ccncc2)cc1. The van der Waals surface area contributed by atoms with E-state index in [0.717, 1.165) is 36.8 Å². The number of hydrogen-bond acceptors (Lipinski definition) is 4. The zero-order chi connectivity index (χ0) is 23.3. The minimum absolute atomic E-state index is 0.0737. The van der Waals surface area contributed by atoms with Crippen molar-refractivity contribution in [1.82, 2.24) is 10.3 Å². The Balaban J connectivity index is 1.37. The van der Waals surface area contributed by atoms with Gasteiger partial charge in [-0.15, -0.1) is 0 Å². The van der Waals surface area contributed by atoms with Crippen LogP contribution < -0.4 is 16.4 Å². The van der Waals surface area contributed by atoms with Crippen LogP contribution in [0.15, 0.2) is 73.1 Å². The molecule has 0 bridgehead atoms. The van der Waals surface area contributed by atoms with Crippen molar-refractivity contribution in [3.63, 3.8) is 0 Å². The molecular formula is C26H27FN4O2. The number of halogens is 1. The summed E-state index contributed by atoms with van der Waals surface area (Å²) in [7, 11) is 0. The number of aromatic nitrogens is 1. The van der Waals surface area contributed by atoms with Crippen LogP contribution in [0.1, 0.15) is 53.2 Å². The van der Waals surface area contributed by atoms with Gasteiger partial charge in [-0.1, -0.05) is 37.1 Å². The van der Waals surface area contributed by atoms with Gasteiger partial charge in [0, 0.05) is 36.2 Å². The third-order valence-corrected chi connectivity index (χ3v) is 6.31. The highest BCUT2D eigenvalue weighted by atomic mass is 19.1. The minimum atomic E-state index is -0.637. The highest BCUT2D eigenvalue weighted by Crippen LogP contribution is 2.41. The van der Waals surface area contributed by atoms with E-state index in [2.05, 4.69) is 15.6 Å². The van der Waals surface area contributed by atoms with Gasteiger partial charge in [-0.25, -0.2) is 4.39 Å². The molecule has 0 aliphatic heterocycles. The minimum Gasteiger partial charge on any atom is -0.353 e. The van der Waals surface area contributed by atoms with Gasteiger partial charge in [-0.05, 0) is 60.4 Å². The Bertz CT molecular complexity index is 1100. The van der Waals surface area contributed by atoms with E-state index < -0.39 is 11.5 Å². The second-order valence-electron chi connectivity index (χ2n) is 8.42. The largest absolute Gasteiger partial charge is 0.353 e. The van der Waals surface area contributed by atoms with Crippen molar-refractivity contribution >= 4 is 17.5 Å². The number of amides is 2. The molecule has 0 radical (unpaired) electrons. The summed E-state index contributed by atoms with van der Waals surface area (Å²) in [6.07, 6.45) is 6.61. The lowest BCUT2D eigenvalue weighted by molar-refractivity contribution is -0.126. The molecule has 0 saturated heterocycles. The number of rotatable bonds is 7. The third kappa shape index (κ3) is 5.09. The molecule has 1 aromatic heterocycles. The van der Waals surface area contributed by atoms with Crippen molar-refractivity contribution < 1.29 is 14.0 Å². The average Bonchev–Trinajstić information content (AvgIpc) is 3.35. The van der Waals surface area contributed by atoms with Crippen molar-refractivity contribution in [3.05, 3.63) is 95.6 Å². The lowest BCUT2D eigenvalue weighted by Gasteiger charge is -2.29. The fourth-order valence-electron chi connectivity index (χ4n) is 4.40. The van der Waals surface area contributed by atoms with Crippen molar-refractivity contribution in [1.29, 1.82) is 0 Å². The molecule has 7 heteroatoms. The smallest absolute Gasteiger partial charge is 0.255 e. The van der Waals surface area contributed by atoms with Gasteiger partial charge in [0.25, 0.3) is 5.91 Å². The number of carbonyl (C=O) groups is 2. The molecule has 1 aliphatic rings. The fourth-order valence-corrected chi connectivity index (χ4v) is 4.40. The summed E-state index contributed by atoms with van der Waals surface area (Å²) in [5.74, 6) is -0.611. The van der Waals surface area contributed by atoms with Crippen LogP contribution in [-0.2, 0) is 10.2 Å². The highest BCUT2D eigenvalue weighted by molar-refractivity contribution is 6.04. The quantitative estimate of drug-likeness (QED) is 0.509. The van der Waals surface area contributed by atoms with Crippen molar-refractivity contribution in [2.75, 3.05) is 11.9 Å². The molecule has 1 aliphatic carbocycles. The van der Waals surface area contributed by atoms with E-state index in [1.807, 2.05) is 0 Å². The third-order valence-electron chi connectivity index (χ3n) is 6.31. The molecule has 1 unspecified atom stereocenters. The maximum atomic E-state index is 13.4. The van der Waals surface area contributed by atoms with Crippen LogP contribution in [0.5, 0.6) is 0 Å². The monoisotopic (exact) mass is 446 g/mol. The fraction of sp³-hybridized carbons (Fsp3) is 0.269. The van der Waals surface area contributed by atoms with E-state index >= 15 is 0 Å². The maximum Gasteiger partial charge on any atom is 0.255 e. The number of pyridine rings is 1. The predicted molar refractivity (Wildman–Crippen MR) is 125 cm³/mol. The molecule has 3 aromatic rings. The summed E-state index contributed by atoms with van der Waals surface area (Å²) in [5, 5.41) is 5.81. The standard InChI is InChI=1S/C26H27FN4O2/c27-21-9-7-20(8-10-21)26(13-1-2-14-26)25(33)30-17-23(28)18-3-5-19(6-4-18)24(32)31-22-11-15-29-16-12-22/h3-12,15-16,23H,1-2,13-14,17,28H2,(H,30,33)(H,29,31,32). The van der Waals surface area contributed by atoms with E-state index in [0.29, 0.717) is 11.3 Å².